The molecule has 0 radical (unpaired) electrons. The highest BCUT2D eigenvalue weighted by Crippen LogP contribution is 2.22. The Labute approximate surface area is 163 Å². The Balaban J connectivity index is 1.75. The van der Waals surface area contributed by atoms with Gasteiger partial charge in [0.2, 0.25) is 0 Å². The molecular weight excluding hydrogens is 379 g/mol. The molecule has 0 aliphatic carbocycles. The summed E-state index contributed by atoms with van der Waals surface area (Å²) in [6.45, 7) is 3.76. The number of benzene rings is 3. The first-order valence-electron chi connectivity index (χ1n) is 8.52. The molecular formula is C21H19FN2O3S. The number of halogens is 1. The Bertz CT molecular complexity index is 1130. The van der Waals surface area contributed by atoms with Gasteiger partial charge in [-0.15, -0.1) is 0 Å². The van der Waals surface area contributed by atoms with Crippen molar-refractivity contribution in [1.29, 1.82) is 0 Å². The van der Waals surface area contributed by atoms with E-state index in [9.17, 15) is 17.6 Å². The molecule has 0 saturated heterocycles. The molecule has 0 aliphatic heterocycles. The molecule has 0 unspecified atom stereocenters. The van der Waals surface area contributed by atoms with Crippen LogP contribution >= 0.6 is 0 Å². The number of aryl methyl sites for hydroxylation is 2. The maximum atomic E-state index is 13.2. The van der Waals surface area contributed by atoms with Gasteiger partial charge >= 0.3 is 0 Å². The van der Waals surface area contributed by atoms with Crippen LogP contribution in [0.5, 0.6) is 0 Å². The molecule has 5 nitrogen and oxygen atoms in total. The smallest absolute Gasteiger partial charge is 0.261 e. The molecule has 3 rings (SSSR count). The van der Waals surface area contributed by atoms with Gasteiger partial charge in [0.05, 0.1) is 10.6 Å². The van der Waals surface area contributed by atoms with Crippen LogP contribution in [0.1, 0.15) is 21.5 Å². The van der Waals surface area contributed by atoms with Gasteiger partial charge in [-0.3, -0.25) is 9.52 Å². The Kier molecular flexibility index (Phi) is 5.46. The lowest BCUT2D eigenvalue weighted by molar-refractivity contribution is 0.102. The van der Waals surface area contributed by atoms with Crippen molar-refractivity contribution in [2.45, 2.75) is 18.7 Å². The molecule has 0 fully saturated rings. The van der Waals surface area contributed by atoms with Crippen LogP contribution in [-0.2, 0) is 10.0 Å². The van der Waals surface area contributed by atoms with Crippen molar-refractivity contribution in [2.75, 3.05) is 10.0 Å². The number of hydrogen-bond acceptors (Lipinski definition) is 3. The van der Waals surface area contributed by atoms with Crippen LogP contribution in [0.15, 0.2) is 71.6 Å². The third-order valence-corrected chi connectivity index (χ3v) is 5.52. The zero-order valence-corrected chi connectivity index (χ0v) is 16.2. The average Bonchev–Trinajstić information content (AvgIpc) is 2.64. The highest BCUT2D eigenvalue weighted by atomic mass is 32.2. The van der Waals surface area contributed by atoms with Crippen LogP contribution in [0.25, 0.3) is 0 Å². The topological polar surface area (TPSA) is 75.3 Å². The molecule has 0 saturated carbocycles. The number of carbonyl (C=O) groups excluding carboxylic acids is 1. The minimum absolute atomic E-state index is 0.0660. The Morgan fingerprint density at radius 3 is 2.29 bits per heavy atom. The molecule has 0 aromatic heterocycles. The lowest BCUT2D eigenvalue weighted by atomic mass is 10.1. The number of anilines is 2. The quantitative estimate of drug-likeness (QED) is 0.665. The molecule has 0 heterocycles. The Hall–Kier alpha value is -3.19. The lowest BCUT2D eigenvalue weighted by Gasteiger charge is -2.12. The summed E-state index contributed by atoms with van der Waals surface area (Å²) in [4.78, 5) is 12.2. The first-order valence-corrected chi connectivity index (χ1v) is 10.00. The Morgan fingerprint density at radius 1 is 0.929 bits per heavy atom. The van der Waals surface area contributed by atoms with Crippen LogP contribution < -0.4 is 10.0 Å². The first kappa shape index (κ1) is 19.6. The molecule has 0 spiro atoms. The average molecular weight is 398 g/mol. The summed E-state index contributed by atoms with van der Waals surface area (Å²) < 4.78 is 41.0. The number of carbonyl (C=O) groups is 1. The van der Waals surface area contributed by atoms with Crippen molar-refractivity contribution in [3.63, 3.8) is 0 Å². The maximum absolute atomic E-state index is 13.2. The summed E-state index contributed by atoms with van der Waals surface area (Å²) >= 11 is 0. The molecule has 1 amide bonds. The molecule has 0 bridgehead atoms. The monoisotopic (exact) mass is 398 g/mol. The number of hydrogen-bond donors (Lipinski definition) is 2. The maximum Gasteiger partial charge on any atom is 0.261 e. The SMILES string of the molecule is Cc1ccc(NS(=O)(=O)c2ccc(NC(=O)c3cccc(F)c3)cc2)c(C)c1. The molecule has 28 heavy (non-hydrogen) atoms. The normalized spacial score (nSPS) is 11.1. The second-order valence-electron chi connectivity index (χ2n) is 6.41. The number of rotatable bonds is 5. The fourth-order valence-electron chi connectivity index (χ4n) is 2.68. The minimum atomic E-state index is -3.76. The molecule has 7 heteroatoms. The fourth-order valence-corrected chi connectivity index (χ4v) is 3.81. The van der Waals surface area contributed by atoms with Crippen molar-refractivity contribution in [3.05, 3.63) is 89.2 Å². The largest absolute Gasteiger partial charge is 0.322 e. The third-order valence-electron chi connectivity index (χ3n) is 4.14. The van der Waals surface area contributed by atoms with Gasteiger partial charge in [0.1, 0.15) is 5.82 Å². The number of sulfonamides is 1. The van der Waals surface area contributed by atoms with Gasteiger partial charge in [-0.25, -0.2) is 12.8 Å². The van der Waals surface area contributed by atoms with E-state index in [-0.39, 0.29) is 10.5 Å². The molecule has 0 aliphatic rings. The van der Waals surface area contributed by atoms with E-state index in [1.54, 1.807) is 6.07 Å². The predicted octanol–water partition coefficient (Wildman–Crippen LogP) is 4.50. The van der Waals surface area contributed by atoms with E-state index in [0.29, 0.717) is 11.4 Å². The van der Waals surface area contributed by atoms with Gasteiger partial charge in [-0.05, 0) is 67.9 Å². The summed E-state index contributed by atoms with van der Waals surface area (Å²) in [5.41, 5.74) is 2.95. The molecule has 144 valence electrons. The second kappa shape index (κ2) is 7.82. The van der Waals surface area contributed by atoms with Gasteiger partial charge in [0.15, 0.2) is 0 Å². The van der Waals surface area contributed by atoms with Crippen molar-refractivity contribution < 1.29 is 17.6 Å². The van der Waals surface area contributed by atoms with Crippen LogP contribution in [0.3, 0.4) is 0 Å². The van der Waals surface area contributed by atoms with Crippen LogP contribution in [0, 0.1) is 19.7 Å². The summed E-state index contributed by atoms with van der Waals surface area (Å²) in [7, 11) is -3.76. The van der Waals surface area contributed by atoms with E-state index in [4.69, 9.17) is 0 Å². The Morgan fingerprint density at radius 2 is 1.64 bits per heavy atom. The summed E-state index contributed by atoms with van der Waals surface area (Å²) in [6.07, 6.45) is 0. The third kappa shape index (κ3) is 4.55. The summed E-state index contributed by atoms with van der Waals surface area (Å²) in [5, 5.41) is 2.61. The van der Waals surface area contributed by atoms with Crippen molar-refractivity contribution in [2.24, 2.45) is 0 Å². The predicted molar refractivity (Wildman–Crippen MR) is 108 cm³/mol. The number of amides is 1. The van der Waals surface area contributed by atoms with Crippen LogP contribution in [0.4, 0.5) is 15.8 Å². The first-order chi connectivity index (χ1) is 13.2. The molecule has 3 aromatic carbocycles. The highest BCUT2D eigenvalue weighted by molar-refractivity contribution is 7.92. The molecule has 2 N–H and O–H groups in total. The van der Waals surface area contributed by atoms with Gasteiger partial charge in [0, 0.05) is 11.3 Å². The second-order valence-corrected chi connectivity index (χ2v) is 8.10. The van der Waals surface area contributed by atoms with Crippen molar-refractivity contribution >= 4 is 27.3 Å². The van der Waals surface area contributed by atoms with Crippen molar-refractivity contribution in [3.8, 4) is 0 Å². The zero-order valence-electron chi connectivity index (χ0n) is 15.4. The van der Waals surface area contributed by atoms with Gasteiger partial charge in [-0.2, -0.15) is 0 Å². The summed E-state index contributed by atoms with van der Waals surface area (Å²) in [6, 6.07) is 16.5. The van der Waals surface area contributed by atoms with Crippen LogP contribution in [-0.4, -0.2) is 14.3 Å². The minimum Gasteiger partial charge on any atom is -0.322 e. The van der Waals surface area contributed by atoms with Crippen molar-refractivity contribution in [1.82, 2.24) is 0 Å². The van der Waals surface area contributed by atoms with E-state index in [1.807, 2.05) is 26.0 Å². The summed E-state index contributed by atoms with van der Waals surface area (Å²) in [5.74, 6) is -0.991. The van der Waals surface area contributed by atoms with E-state index in [2.05, 4.69) is 10.0 Å². The van der Waals surface area contributed by atoms with Gasteiger partial charge in [-0.1, -0.05) is 23.8 Å². The molecule has 0 atom stereocenters. The van der Waals surface area contributed by atoms with E-state index in [1.165, 1.54) is 42.5 Å². The highest BCUT2D eigenvalue weighted by Gasteiger charge is 2.16. The van der Waals surface area contributed by atoms with Gasteiger partial charge < -0.3 is 5.32 Å². The lowest BCUT2D eigenvalue weighted by Crippen LogP contribution is -2.15. The fraction of sp³-hybridized carbons (Fsp3) is 0.0952. The van der Waals surface area contributed by atoms with E-state index < -0.39 is 21.7 Å². The van der Waals surface area contributed by atoms with Gasteiger partial charge in [0.25, 0.3) is 15.9 Å². The van der Waals surface area contributed by atoms with Crippen LogP contribution in [0.2, 0.25) is 0 Å². The van der Waals surface area contributed by atoms with E-state index >= 15 is 0 Å². The number of nitrogens with one attached hydrogen (secondary N) is 2. The standard InChI is InChI=1S/C21H19FN2O3S/c1-14-6-11-20(15(2)12-14)24-28(26,27)19-9-7-18(8-10-19)23-21(25)16-4-3-5-17(22)13-16/h3-13,24H,1-2H3,(H,23,25). The molecule has 3 aromatic rings. The van der Waals surface area contributed by atoms with E-state index in [0.717, 1.165) is 17.2 Å². The zero-order chi connectivity index (χ0) is 20.3.